The second-order valence-corrected chi connectivity index (χ2v) is 6.48. The summed E-state index contributed by atoms with van der Waals surface area (Å²) in [5.41, 5.74) is 0.508. The molecule has 0 aliphatic heterocycles. The Hall–Kier alpha value is -1.40. The van der Waals surface area contributed by atoms with Crippen LogP contribution in [-0.4, -0.2) is 25.5 Å². The Morgan fingerprint density at radius 2 is 2.00 bits per heavy atom. The summed E-state index contributed by atoms with van der Waals surface area (Å²) in [6.45, 7) is 5.57. The van der Waals surface area contributed by atoms with Gasteiger partial charge in [0.15, 0.2) is 0 Å². The average molecular weight is 299 g/mol. The van der Waals surface area contributed by atoms with E-state index in [0.717, 1.165) is 12.8 Å². The van der Waals surface area contributed by atoms with Crippen molar-refractivity contribution in [2.24, 2.45) is 0 Å². The highest BCUT2D eigenvalue weighted by atomic mass is 32.2. The molecule has 2 N–H and O–H groups in total. The lowest BCUT2D eigenvalue weighted by Crippen LogP contribution is -2.34. The topological polar surface area (TPSA) is 83.5 Å². The minimum atomic E-state index is -3.69. The maximum atomic E-state index is 12.4. The highest BCUT2D eigenvalue weighted by molar-refractivity contribution is 7.89. The van der Waals surface area contributed by atoms with Gasteiger partial charge in [-0.1, -0.05) is 26.3 Å². The molecule has 1 rings (SSSR count). The van der Waals surface area contributed by atoms with Crippen LogP contribution in [0.3, 0.4) is 0 Å². The summed E-state index contributed by atoms with van der Waals surface area (Å²) in [4.78, 5) is 11.0. The van der Waals surface area contributed by atoms with Crippen LogP contribution >= 0.6 is 0 Å². The number of nitrogens with one attached hydrogen (secondary N) is 1. The van der Waals surface area contributed by atoms with Gasteiger partial charge in [0, 0.05) is 6.04 Å². The van der Waals surface area contributed by atoms with E-state index in [2.05, 4.69) is 4.72 Å². The number of carbonyl (C=O) groups is 1. The van der Waals surface area contributed by atoms with Gasteiger partial charge in [0.25, 0.3) is 0 Å². The van der Waals surface area contributed by atoms with E-state index < -0.39 is 16.0 Å². The fraction of sp³-hybridized carbons (Fsp3) is 0.500. The number of rotatable bonds is 7. The molecule has 0 spiro atoms. The maximum Gasteiger partial charge on any atom is 0.335 e. The fourth-order valence-electron chi connectivity index (χ4n) is 2.00. The van der Waals surface area contributed by atoms with Gasteiger partial charge in [0.05, 0.1) is 10.5 Å². The average Bonchev–Trinajstić information content (AvgIpc) is 2.37. The second kappa shape index (κ2) is 6.85. The summed E-state index contributed by atoms with van der Waals surface area (Å²) in [5, 5.41) is 8.96. The number of aromatic carboxylic acids is 1. The van der Waals surface area contributed by atoms with Crippen molar-refractivity contribution in [3.05, 3.63) is 29.3 Å². The molecule has 20 heavy (non-hydrogen) atoms. The molecule has 0 saturated carbocycles. The Labute approximate surface area is 120 Å². The molecule has 6 heteroatoms. The molecule has 1 aromatic carbocycles. The predicted molar refractivity (Wildman–Crippen MR) is 77.4 cm³/mol. The largest absolute Gasteiger partial charge is 0.478 e. The summed E-state index contributed by atoms with van der Waals surface area (Å²) >= 11 is 0. The van der Waals surface area contributed by atoms with Gasteiger partial charge in [-0.3, -0.25) is 0 Å². The van der Waals surface area contributed by atoms with Crippen LogP contribution in [0.1, 0.15) is 49.0 Å². The van der Waals surface area contributed by atoms with Gasteiger partial charge in [0.1, 0.15) is 0 Å². The molecular weight excluding hydrogens is 278 g/mol. The van der Waals surface area contributed by atoms with Gasteiger partial charge in [-0.15, -0.1) is 0 Å². The Balaban J connectivity index is 3.14. The molecule has 112 valence electrons. The molecule has 1 atom stereocenters. The molecule has 0 aliphatic rings. The van der Waals surface area contributed by atoms with Crippen LogP contribution in [-0.2, 0) is 10.0 Å². The van der Waals surface area contributed by atoms with Crippen LogP contribution in [0.15, 0.2) is 23.1 Å². The summed E-state index contributed by atoms with van der Waals surface area (Å²) in [6.07, 6.45) is 2.34. The van der Waals surface area contributed by atoms with Gasteiger partial charge in [-0.05, 0) is 37.5 Å². The lowest BCUT2D eigenvalue weighted by molar-refractivity contribution is 0.0696. The first-order valence-corrected chi connectivity index (χ1v) is 8.16. The van der Waals surface area contributed by atoms with Crippen molar-refractivity contribution >= 4 is 16.0 Å². The van der Waals surface area contributed by atoms with Gasteiger partial charge in [-0.2, -0.15) is 0 Å². The fourth-order valence-corrected chi connectivity index (χ4v) is 3.62. The first-order valence-electron chi connectivity index (χ1n) is 6.68. The van der Waals surface area contributed by atoms with Crippen LogP contribution in [0, 0.1) is 6.92 Å². The lowest BCUT2D eigenvalue weighted by Gasteiger charge is -2.17. The Bertz CT molecular complexity index is 581. The monoisotopic (exact) mass is 299 g/mol. The molecule has 0 aliphatic carbocycles. The molecule has 0 heterocycles. The molecule has 0 bridgehead atoms. The highest BCUT2D eigenvalue weighted by Gasteiger charge is 2.21. The number of sulfonamides is 1. The highest BCUT2D eigenvalue weighted by Crippen LogP contribution is 2.18. The van der Waals surface area contributed by atoms with E-state index in [-0.39, 0.29) is 16.5 Å². The zero-order valence-corrected chi connectivity index (χ0v) is 12.8. The zero-order valence-electron chi connectivity index (χ0n) is 12.0. The number of carboxylic acids is 1. The molecule has 0 fully saturated rings. The van der Waals surface area contributed by atoms with Crippen LogP contribution in [0.4, 0.5) is 0 Å². The van der Waals surface area contributed by atoms with Crippen molar-refractivity contribution in [3.63, 3.8) is 0 Å². The Kier molecular flexibility index (Phi) is 5.71. The normalized spacial score (nSPS) is 13.2. The third-order valence-corrected chi connectivity index (χ3v) is 4.84. The van der Waals surface area contributed by atoms with Crippen LogP contribution in [0.25, 0.3) is 0 Å². The molecule has 1 unspecified atom stereocenters. The van der Waals surface area contributed by atoms with Crippen molar-refractivity contribution < 1.29 is 18.3 Å². The number of hydrogen-bond acceptors (Lipinski definition) is 3. The van der Waals surface area contributed by atoms with Gasteiger partial charge in [-0.25, -0.2) is 17.9 Å². The molecule has 0 aromatic heterocycles. The van der Waals surface area contributed by atoms with E-state index in [9.17, 15) is 13.2 Å². The third kappa shape index (κ3) is 4.05. The third-order valence-electron chi connectivity index (χ3n) is 3.18. The molecule has 0 amide bonds. The maximum absolute atomic E-state index is 12.4. The van der Waals surface area contributed by atoms with Crippen molar-refractivity contribution in [3.8, 4) is 0 Å². The summed E-state index contributed by atoms with van der Waals surface area (Å²) < 4.78 is 27.4. The number of carboxylic acid groups (broad SMARTS) is 1. The van der Waals surface area contributed by atoms with E-state index in [4.69, 9.17) is 5.11 Å². The molecule has 0 saturated heterocycles. The quantitative estimate of drug-likeness (QED) is 0.810. The Morgan fingerprint density at radius 1 is 1.35 bits per heavy atom. The van der Waals surface area contributed by atoms with Gasteiger partial charge < -0.3 is 5.11 Å². The summed E-state index contributed by atoms with van der Waals surface area (Å²) in [5.74, 6) is -1.14. The summed E-state index contributed by atoms with van der Waals surface area (Å²) in [6, 6.07) is 4.00. The molecule has 5 nitrogen and oxygen atoms in total. The van der Waals surface area contributed by atoms with Crippen molar-refractivity contribution in [2.45, 2.75) is 51.0 Å². The smallest absolute Gasteiger partial charge is 0.335 e. The standard InChI is InChI=1S/C14H21NO4S/c1-4-6-12(5-2)15-20(18,19)13-9-11(14(16)17)8-7-10(13)3/h7-9,12,15H,4-6H2,1-3H3,(H,16,17). The van der Waals surface area contributed by atoms with E-state index in [1.807, 2.05) is 13.8 Å². The first-order chi connectivity index (χ1) is 9.31. The lowest BCUT2D eigenvalue weighted by atomic mass is 10.1. The number of hydrogen-bond donors (Lipinski definition) is 2. The molecule has 1 aromatic rings. The summed E-state index contributed by atoms with van der Waals surface area (Å²) in [7, 11) is -3.69. The van der Waals surface area contributed by atoms with Crippen LogP contribution in [0.5, 0.6) is 0 Å². The minimum Gasteiger partial charge on any atom is -0.478 e. The minimum absolute atomic E-state index is 0.0282. The van der Waals surface area contributed by atoms with Gasteiger partial charge >= 0.3 is 5.97 Å². The van der Waals surface area contributed by atoms with Crippen molar-refractivity contribution in [2.75, 3.05) is 0 Å². The molecule has 0 radical (unpaired) electrons. The van der Waals surface area contributed by atoms with E-state index in [0.29, 0.717) is 12.0 Å². The first kappa shape index (κ1) is 16.7. The second-order valence-electron chi connectivity index (χ2n) is 4.80. The Morgan fingerprint density at radius 3 is 2.50 bits per heavy atom. The SMILES string of the molecule is CCCC(CC)NS(=O)(=O)c1cc(C(=O)O)ccc1C. The van der Waals surface area contributed by atoms with Gasteiger partial charge in [0.2, 0.25) is 10.0 Å². The van der Waals surface area contributed by atoms with Crippen molar-refractivity contribution in [1.82, 2.24) is 4.72 Å². The predicted octanol–water partition coefficient (Wildman–Crippen LogP) is 2.55. The van der Waals surface area contributed by atoms with Crippen LogP contribution < -0.4 is 4.72 Å². The zero-order chi connectivity index (χ0) is 15.3. The number of aryl methyl sites for hydroxylation is 1. The van der Waals surface area contributed by atoms with Crippen LogP contribution in [0.2, 0.25) is 0 Å². The number of benzene rings is 1. The van der Waals surface area contributed by atoms with Crippen molar-refractivity contribution in [1.29, 1.82) is 0 Å². The van der Waals surface area contributed by atoms with E-state index in [1.165, 1.54) is 18.2 Å². The van der Waals surface area contributed by atoms with E-state index >= 15 is 0 Å². The molecular formula is C14H21NO4S. The van der Waals surface area contributed by atoms with E-state index in [1.54, 1.807) is 6.92 Å².